The summed E-state index contributed by atoms with van der Waals surface area (Å²) in [5, 5.41) is 2.89. The molecule has 1 aliphatic rings. The first-order valence-electron chi connectivity index (χ1n) is 8.17. The Morgan fingerprint density at radius 3 is 2.38 bits per heavy atom. The summed E-state index contributed by atoms with van der Waals surface area (Å²) >= 11 is 3.39. The van der Waals surface area contributed by atoms with Gasteiger partial charge in [-0.2, -0.15) is 0 Å². The standard InChI is InChI=1S/C19H19BrN2O4/c1-25-15-10-12(11-16(26-2)18(15)20)19(24)21-13-6-3-4-7-14(13)22-9-5-8-17(22)23/h3-4,6-7,10-11H,5,8-9H2,1-2H3,(H,21,24). The number of para-hydroxylation sites is 2. The highest BCUT2D eigenvalue weighted by Crippen LogP contribution is 2.36. The molecule has 0 bridgehead atoms. The molecule has 3 rings (SSSR count). The van der Waals surface area contributed by atoms with Gasteiger partial charge in [-0.3, -0.25) is 9.59 Å². The van der Waals surface area contributed by atoms with Crippen LogP contribution in [0.5, 0.6) is 11.5 Å². The molecule has 6 nitrogen and oxygen atoms in total. The molecular weight excluding hydrogens is 400 g/mol. The van der Waals surface area contributed by atoms with Crippen molar-refractivity contribution < 1.29 is 19.1 Å². The summed E-state index contributed by atoms with van der Waals surface area (Å²) in [7, 11) is 3.05. The normalized spacial score (nSPS) is 13.7. The van der Waals surface area contributed by atoms with Crippen LogP contribution < -0.4 is 19.7 Å². The van der Waals surface area contributed by atoms with Crippen molar-refractivity contribution in [3.05, 3.63) is 46.4 Å². The van der Waals surface area contributed by atoms with Gasteiger partial charge in [-0.1, -0.05) is 12.1 Å². The molecule has 2 aromatic rings. The number of benzene rings is 2. The predicted molar refractivity (Wildman–Crippen MR) is 103 cm³/mol. The first kappa shape index (κ1) is 18.3. The van der Waals surface area contributed by atoms with Crippen LogP contribution in [0, 0.1) is 0 Å². The van der Waals surface area contributed by atoms with Crippen molar-refractivity contribution in [3.8, 4) is 11.5 Å². The van der Waals surface area contributed by atoms with Gasteiger partial charge in [-0.15, -0.1) is 0 Å². The Bertz CT molecular complexity index is 828. The molecule has 26 heavy (non-hydrogen) atoms. The van der Waals surface area contributed by atoms with E-state index in [9.17, 15) is 9.59 Å². The molecule has 0 atom stereocenters. The second-order valence-corrected chi connectivity index (χ2v) is 6.61. The lowest BCUT2D eigenvalue weighted by molar-refractivity contribution is -0.117. The maximum Gasteiger partial charge on any atom is 0.255 e. The van der Waals surface area contributed by atoms with Crippen molar-refractivity contribution in [1.29, 1.82) is 0 Å². The SMILES string of the molecule is COc1cc(C(=O)Nc2ccccc2N2CCCC2=O)cc(OC)c1Br. The average molecular weight is 419 g/mol. The molecule has 0 unspecified atom stereocenters. The molecular formula is C19H19BrN2O4. The van der Waals surface area contributed by atoms with Crippen LogP contribution in [0.1, 0.15) is 23.2 Å². The Morgan fingerprint density at radius 1 is 1.15 bits per heavy atom. The van der Waals surface area contributed by atoms with Crippen LogP contribution >= 0.6 is 15.9 Å². The van der Waals surface area contributed by atoms with E-state index in [1.807, 2.05) is 18.2 Å². The Kier molecular flexibility index (Phi) is 5.46. The molecule has 1 heterocycles. The monoisotopic (exact) mass is 418 g/mol. The van der Waals surface area contributed by atoms with Gasteiger partial charge in [-0.05, 0) is 46.6 Å². The van der Waals surface area contributed by atoms with Gasteiger partial charge in [0.05, 0.1) is 25.6 Å². The van der Waals surface area contributed by atoms with E-state index in [4.69, 9.17) is 9.47 Å². The van der Waals surface area contributed by atoms with E-state index >= 15 is 0 Å². The highest BCUT2D eigenvalue weighted by molar-refractivity contribution is 9.10. The Hall–Kier alpha value is -2.54. The summed E-state index contributed by atoms with van der Waals surface area (Å²) in [6.45, 7) is 0.658. The minimum Gasteiger partial charge on any atom is -0.495 e. The zero-order chi connectivity index (χ0) is 18.7. The molecule has 1 N–H and O–H groups in total. The molecule has 0 aromatic heterocycles. The zero-order valence-corrected chi connectivity index (χ0v) is 16.1. The number of anilines is 2. The van der Waals surface area contributed by atoms with E-state index in [0.717, 1.165) is 6.42 Å². The minimum atomic E-state index is -0.312. The number of ether oxygens (including phenoxy) is 2. The first-order valence-corrected chi connectivity index (χ1v) is 8.96. The molecule has 2 aromatic carbocycles. The fourth-order valence-corrected chi connectivity index (χ4v) is 3.47. The minimum absolute atomic E-state index is 0.0682. The molecule has 1 aliphatic heterocycles. The molecule has 0 radical (unpaired) electrons. The van der Waals surface area contributed by atoms with Crippen molar-refractivity contribution in [2.24, 2.45) is 0 Å². The van der Waals surface area contributed by atoms with Crippen molar-refractivity contribution in [2.75, 3.05) is 31.0 Å². The molecule has 1 saturated heterocycles. The van der Waals surface area contributed by atoms with E-state index in [1.165, 1.54) is 14.2 Å². The third kappa shape index (κ3) is 3.53. The lowest BCUT2D eigenvalue weighted by atomic mass is 10.1. The van der Waals surface area contributed by atoms with Gasteiger partial charge in [0.15, 0.2) is 0 Å². The molecule has 1 fully saturated rings. The Labute approximate surface area is 160 Å². The van der Waals surface area contributed by atoms with Crippen molar-refractivity contribution in [1.82, 2.24) is 0 Å². The topological polar surface area (TPSA) is 67.9 Å². The van der Waals surface area contributed by atoms with Crippen LogP contribution in [0.3, 0.4) is 0 Å². The van der Waals surface area contributed by atoms with E-state index in [0.29, 0.717) is 45.9 Å². The van der Waals surface area contributed by atoms with Crippen LogP contribution in [0.25, 0.3) is 0 Å². The number of amides is 2. The number of rotatable bonds is 5. The number of nitrogens with one attached hydrogen (secondary N) is 1. The smallest absolute Gasteiger partial charge is 0.255 e. The summed E-state index contributed by atoms with van der Waals surface area (Å²) in [6, 6.07) is 10.6. The fourth-order valence-electron chi connectivity index (χ4n) is 2.91. The van der Waals surface area contributed by atoms with Crippen molar-refractivity contribution in [2.45, 2.75) is 12.8 Å². The number of hydrogen-bond donors (Lipinski definition) is 1. The number of carbonyl (C=O) groups excluding carboxylic acids is 2. The second-order valence-electron chi connectivity index (χ2n) is 5.81. The van der Waals surface area contributed by atoms with Gasteiger partial charge in [0.25, 0.3) is 5.91 Å². The molecule has 2 amide bonds. The van der Waals surface area contributed by atoms with Crippen LogP contribution in [-0.4, -0.2) is 32.6 Å². The summed E-state index contributed by atoms with van der Waals surface area (Å²) in [5.74, 6) is 0.752. The van der Waals surface area contributed by atoms with Crippen LogP contribution in [0.4, 0.5) is 11.4 Å². The van der Waals surface area contributed by atoms with Crippen LogP contribution in [-0.2, 0) is 4.79 Å². The van der Waals surface area contributed by atoms with E-state index < -0.39 is 0 Å². The number of methoxy groups -OCH3 is 2. The van der Waals surface area contributed by atoms with Crippen molar-refractivity contribution in [3.63, 3.8) is 0 Å². The molecule has 0 aliphatic carbocycles. The maximum absolute atomic E-state index is 12.8. The second kappa shape index (κ2) is 7.78. The average Bonchev–Trinajstić information content (AvgIpc) is 3.08. The summed E-state index contributed by atoms with van der Waals surface area (Å²) in [6.07, 6.45) is 1.35. The largest absolute Gasteiger partial charge is 0.495 e. The number of nitrogens with zero attached hydrogens (tertiary/aromatic N) is 1. The third-order valence-electron chi connectivity index (χ3n) is 4.22. The lowest BCUT2D eigenvalue weighted by Gasteiger charge is -2.20. The third-order valence-corrected chi connectivity index (χ3v) is 5.01. The predicted octanol–water partition coefficient (Wildman–Crippen LogP) is 3.85. The van der Waals surface area contributed by atoms with Crippen LogP contribution in [0.15, 0.2) is 40.9 Å². The first-order chi connectivity index (χ1) is 12.5. The van der Waals surface area contributed by atoms with E-state index in [1.54, 1.807) is 23.1 Å². The van der Waals surface area contributed by atoms with Gasteiger partial charge in [-0.25, -0.2) is 0 Å². The number of carbonyl (C=O) groups is 2. The van der Waals surface area contributed by atoms with Gasteiger partial charge in [0.1, 0.15) is 16.0 Å². The van der Waals surface area contributed by atoms with Gasteiger partial charge in [0, 0.05) is 18.5 Å². The van der Waals surface area contributed by atoms with E-state index in [-0.39, 0.29) is 11.8 Å². The van der Waals surface area contributed by atoms with Gasteiger partial charge < -0.3 is 19.7 Å². The molecule has 7 heteroatoms. The van der Waals surface area contributed by atoms with Crippen LogP contribution in [0.2, 0.25) is 0 Å². The quantitative estimate of drug-likeness (QED) is 0.800. The van der Waals surface area contributed by atoms with Crippen molar-refractivity contribution >= 4 is 39.1 Å². The number of hydrogen-bond acceptors (Lipinski definition) is 4. The summed E-state index contributed by atoms with van der Waals surface area (Å²) in [5.41, 5.74) is 1.69. The Balaban J connectivity index is 1.91. The zero-order valence-electron chi connectivity index (χ0n) is 14.5. The summed E-state index contributed by atoms with van der Waals surface area (Å²) < 4.78 is 11.2. The fraction of sp³-hybridized carbons (Fsp3) is 0.263. The highest BCUT2D eigenvalue weighted by Gasteiger charge is 2.24. The maximum atomic E-state index is 12.8. The van der Waals surface area contributed by atoms with Gasteiger partial charge >= 0.3 is 0 Å². The highest BCUT2D eigenvalue weighted by atomic mass is 79.9. The number of halogens is 1. The molecule has 0 spiro atoms. The van der Waals surface area contributed by atoms with Gasteiger partial charge in [0.2, 0.25) is 5.91 Å². The molecule has 136 valence electrons. The summed E-state index contributed by atoms with van der Waals surface area (Å²) in [4.78, 5) is 26.5. The van der Waals surface area contributed by atoms with E-state index in [2.05, 4.69) is 21.2 Å². The molecule has 0 saturated carbocycles. The lowest BCUT2D eigenvalue weighted by Crippen LogP contribution is -2.25. The Morgan fingerprint density at radius 2 is 1.81 bits per heavy atom.